The Morgan fingerprint density at radius 3 is 2.23 bits per heavy atom. The lowest BCUT2D eigenvalue weighted by Gasteiger charge is -2.34. The summed E-state index contributed by atoms with van der Waals surface area (Å²) in [7, 11) is 0. The fraction of sp³-hybridized carbons (Fsp3) is 0.526. The van der Waals surface area contributed by atoms with E-state index in [-0.39, 0.29) is 18.4 Å². The maximum absolute atomic E-state index is 12.3. The van der Waals surface area contributed by atoms with Crippen LogP contribution >= 0.6 is 0 Å². The number of piperazine rings is 1. The van der Waals surface area contributed by atoms with E-state index in [1.54, 1.807) is 4.90 Å². The van der Waals surface area contributed by atoms with E-state index in [1.165, 1.54) is 5.56 Å². The number of amides is 3. The summed E-state index contributed by atoms with van der Waals surface area (Å²) in [5.41, 5.74) is 1.24. The number of aliphatic carboxylic acids is 1. The Morgan fingerprint density at radius 1 is 0.923 bits per heavy atom. The van der Waals surface area contributed by atoms with Crippen LogP contribution in [0.4, 0.5) is 4.79 Å². The molecule has 1 heterocycles. The van der Waals surface area contributed by atoms with Crippen molar-refractivity contribution in [2.24, 2.45) is 0 Å². The monoisotopic (exact) mass is 361 g/mol. The molecular weight excluding hydrogens is 334 g/mol. The summed E-state index contributed by atoms with van der Waals surface area (Å²) in [5, 5.41) is 11.3. The lowest BCUT2D eigenvalue weighted by atomic mass is 10.1. The summed E-state index contributed by atoms with van der Waals surface area (Å²) in [6.07, 6.45) is 2.71. The van der Waals surface area contributed by atoms with E-state index >= 15 is 0 Å². The molecule has 142 valence electrons. The third kappa shape index (κ3) is 6.74. The highest BCUT2D eigenvalue weighted by Gasteiger charge is 2.23. The van der Waals surface area contributed by atoms with Crippen molar-refractivity contribution in [1.82, 2.24) is 15.1 Å². The van der Waals surface area contributed by atoms with Crippen LogP contribution in [0.2, 0.25) is 0 Å². The molecule has 0 aliphatic carbocycles. The van der Waals surface area contributed by atoms with Gasteiger partial charge in [-0.1, -0.05) is 30.3 Å². The number of carboxylic acid groups (broad SMARTS) is 1. The number of nitrogens with zero attached hydrogens (tertiary/aromatic N) is 2. The third-order valence-electron chi connectivity index (χ3n) is 4.46. The first-order valence-corrected chi connectivity index (χ1v) is 9.12. The highest BCUT2D eigenvalue weighted by atomic mass is 16.4. The van der Waals surface area contributed by atoms with Gasteiger partial charge in [-0.2, -0.15) is 0 Å². The summed E-state index contributed by atoms with van der Waals surface area (Å²) in [6, 6.07) is 9.94. The highest BCUT2D eigenvalue weighted by Crippen LogP contribution is 2.09. The first-order chi connectivity index (χ1) is 12.6. The van der Waals surface area contributed by atoms with Crippen LogP contribution < -0.4 is 5.32 Å². The molecule has 0 spiro atoms. The number of rotatable bonds is 8. The van der Waals surface area contributed by atoms with Crippen molar-refractivity contribution in [1.29, 1.82) is 0 Å². The molecule has 0 radical (unpaired) electrons. The molecule has 1 aliphatic heterocycles. The number of carbonyl (C=O) groups is 3. The summed E-state index contributed by atoms with van der Waals surface area (Å²) >= 11 is 0. The molecule has 3 amide bonds. The van der Waals surface area contributed by atoms with Crippen molar-refractivity contribution < 1.29 is 19.5 Å². The van der Waals surface area contributed by atoms with Crippen molar-refractivity contribution in [3.8, 4) is 0 Å². The largest absolute Gasteiger partial charge is 0.481 e. The number of aryl methyl sites for hydroxylation is 1. The standard InChI is InChI=1S/C19H27N3O4/c23-17(9-4-8-16-6-2-1-3-7-16)21-12-14-22(15-13-21)19(26)20-11-5-10-18(24)25/h1-3,6-7H,4-5,8-15H2,(H,20,26)(H,24,25). The molecule has 2 rings (SSSR count). The molecule has 2 N–H and O–H groups in total. The zero-order valence-corrected chi connectivity index (χ0v) is 15.0. The molecule has 1 fully saturated rings. The lowest BCUT2D eigenvalue weighted by Crippen LogP contribution is -2.53. The highest BCUT2D eigenvalue weighted by molar-refractivity contribution is 5.77. The molecule has 0 unspecified atom stereocenters. The molecule has 1 saturated heterocycles. The van der Waals surface area contributed by atoms with Crippen LogP contribution in [0.15, 0.2) is 30.3 Å². The second-order valence-corrected chi connectivity index (χ2v) is 6.44. The van der Waals surface area contributed by atoms with E-state index in [4.69, 9.17) is 5.11 Å². The molecule has 1 aromatic carbocycles. The smallest absolute Gasteiger partial charge is 0.317 e. The molecular formula is C19H27N3O4. The van der Waals surface area contributed by atoms with Crippen LogP contribution in [0.3, 0.4) is 0 Å². The van der Waals surface area contributed by atoms with Gasteiger partial charge >= 0.3 is 12.0 Å². The van der Waals surface area contributed by atoms with E-state index in [1.807, 2.05) is 23.1 Å². The van der Waals surface area contributed by atoms with Crippen LogP contribution in [-0.4, -0.2) is 65.5 Å². The summed E-state index contributed by atoms with van der Waals surface area (Å²) in [6.45, 7) is 2.47. The van der Waals surface area contributed by atoms with Gasteiger partial charge in [-0.05, 0) is 24.8 Å². The quantitative estimate of drug-likeness (QED) is 0.690. The van der Waals surface area contributed by atoms with Crippen molar-refractivity contribution in [3.05, 3.63) is 35.9 Å². The van der Waals surface area contributed by atoms with Gasteiger partial charge in [-0.3, -0.25) is 9.59 Å². The number of urea groups is 1. The number of benzene rings is 1. The van der Waals surface area contributed by atoms with Gasteiger partial charge < -0.3 is 20.2 Å². The van der Waals surface area contributed by atoms with E-state index < -0.39 is 5.97 Å². The molecule has 0 aromatic heterocycles. The van der Waals surface area contributed by atoms with Crippen LogP contribution in [0, 0.1) is 0 Å². The van der Waals surface area contributed by atoms with E-state index in [0.29, 0.717) is 45.6 Å². The Hall–Kier alpha value is -2.57. The fourth-order valence-corrected chi connectivity index (χ4v) is 2.95. The number of carbonyl (C=O) groups excluding carboxylic acids is 2. The number of hydrogen-bond acceptors (Lipinski definition) is 3. The number of hydrogen-bond donors (Lipinski definition) is 2. The molecule has 26 heavy (non-hydrogen) atoms. The average molecular weight is 361 g/mol. The first kappa shape index (κ1) is 19.8. The fourth-order valence-electron chi connectivity index (χ4n) is 2.95. The van der Waals surface area contributed by atoms with Gasteiger partial charge in [0.1, 0.15) is 0 Å². The van der Waals surface area contributed by atoms with Gasteiger partial charge in [0.05, 0.1) is 0 Å². The lowest BCUT2D eigenvalue weighted by molar-refractivity contribution is -0.137. The Balaban J connectivity index is 1.61. The van der Waals surface area contributed by atoms with Crippen LogP contribution in [0.1, 0.15) is 31.2 Å². The van der Waals surface area contributed by atoms with Crippen LogP contribution in [0.25, 0.3) is 0 Å². The van der Waals surface area contributed by atoms with Crippen LogP contribution in [0.5, 0.6) is 0 Å². The average Bonchev–Trinajstić information content (AvgIpc) is 2.66. The van der Waals surface area contributed by atoms with E-state index in [0.717, 1.165) is 12.8 Å². The van der Waals surface area contributed by atoms with Gasteiger partial charge in [0, 0.05) is 45.6 Å². The summed E-state index contributed by atoms with van der Waals surface area (Å²) in [5.74, 6) is -0.721. The van der Waals surface area contributed by atoms with Crippen molar-refractivity contribution in [2.75, 3.05) is 32.7 Å². The predicted molar refractivity (Wildman–Crippen MR) is 97.8 cm³/mol. The maximum atomic E-state index is 12.3. The van der Waals surface area contributed by atoms with Gasteiger partial charge in [0.2, 0.25) is 5.91 Å². The molecule has 7 heteroatoms. The van der Waals surface area contributed by atoms with Gasteiger partial charge in [-0.25, -0.2) is 4.79 Å². The Bertz CT molecular complexity index is 598. The summed E-state index contributed by atoms with van der Waals surface area (Å²) in [4.78, 5) is 38.2. The van der Waals surface area contributed by atoms with E-state index in [2.05, 4.69) is 17.4 Å². The second kappa shape index (κ2) is 10.4. The molecule has 0 saturated carbocycles. The van der Waals surface area contributed by atoms with Crippen molar-refractivity contribution in [3.63, 3.8) is 0 Å². The molecule has 1 aliphatic rings. The zero-order valence-electron chi connectivity index (χ0n) is 15.0. The number of carboxylic acids is 1. The third-order valence-corrected chi connectivity index (χ3v) is 4.46. The minimum Gasteiger partial charge on any atom is -0.481 e. The van der Waals surface area contributed by atoms with Crippen LogP contribution in [-0.2, 0) is 16.0 Å². The summed E-state index contributed by atoms with van der Waals surface area (Å²) < 4.78 is 0. The van der Waals surface area contributed by atoms with Crippen molar-refractivity contribution >= 4 is 17.9 Å². The molecule has 0 atom stereocenters. The Kier molecular flexibility index (Phi) is 7.92. The maximum Gasteiger partial charge on any atom is 0.317 e. The molecule has 0 bridgehead atoms. The van der Waals surface area contributed by atoms with E-state index in [9.17, 15) is 14.4 Å². The Labute approximate surface area is 154 Å². The SMILES string of the molecule is O=C(O)CCCNC(=O)N1CCN(C(=O)CCCc2ccccc2)CC1. The first-order valence-electron chi connectivity index (χ1n) is 9.12. The predicted octanol–water partition coefficient (Wildman–Crippen LogP) is 1.73. The topological polar surface area (TPSA) is 89.9 Å². The van der Waals surface area contributed by atoms with Gasteiger partial charge in [-0.15, -0.1) is 0 Å². The normalized spacial score (nSPS) is 14.2. The second-order valence-electron chi connectivity index (χ2n) is 6.44. The minimum atomic E-state index is -0.862. The molecule has 1 aromatic rings. The van der Waals surface area contributed by atoms with Gasteiger partial charge in [0.15, 0.2) is 0 Å². The number of nitrogens with one attached hydrogen (secondary N) is 1. The zero-order chi connectivity index (χ0) is 18.8. The van der Waals surface area contributed by atoms with Crippen molar-refractivity contribution in [2.45, 2.75) is 32.1 Å². The van der Waals surface area contributed by atoms with Gasteiger partial charge in [0.25, 0.3) is 0 Å². The Morgan fingerprint density at radius 2 is 1.58 bits per heavy atom. The minimum absolute atomic E-state index is 0.0472. The molecule has 7 nitrogen and oxygen atoms in total.